The molecule has 1 aromatic rings. The molecule has 0 bridgehead atoms. The maximum Gasteiger partial charge on any atom is 0.257 e. The molecular weight excluding hydrogens is 216 g/mol. The molecule has 2 aliphatic rings. The number of amides is 1. The SMILES string of the molecule is Cc1occc1C(=O)N1CCCC2NCCC21. The molecule has 0 aromatic carbocycles. The summed E-state index contributed by atoms with van der Waals surface area (Å²) < 4.78 is 5.22. The zero-order valence-corrected chi connectivity index (χ0v) is 10.1. The van der Waals surface area contributed by atoms with E-state index in [9.17, 15) is 4.79 Å². The molecule has 2 aliphatic heterocycles. The Hall–Kier alpha value is -1.29. The van der Waals surface area contributed by atoms with Crippen molar-refractivity contribution in [3.8, 4) is 0 Å². The zero-order valence-electron chi connectivity index (χ0n) is 10.1. The van der Waals surface area contributed by atoms with Crippen LogP contribution in [0.25, 0.3) is 0 Å². The number of rotatable bonds is 1. The summed E-state index contributed by atoms with van der Waals surface area (Å²) >= 11 is 0. The number of nitrogens with zero attached hydrogens (tertiary/aromatic N) is 1. The molecule has 3 rings (SSSR count). The van der Waals surface area contributed by atoms with Crippen LogP contribution in [0.1, 0.15) is 35.4 Å². The molecular formula is C13H18N2O2. The van der Waals surface area contributed by atoms with E-state index in [0.29, 0.717) is 12.1 Å². The highest BCUT2D eigenvalue weighted by Gasteiger charge is 2.37. The van der Waals surface area contributed by atoms with Crippen LogP contribution >= 0.6 is 0 Å². The van der Waals surface area contributed by atoms with Crippen LogP contribution in [0.4, 0.5) is 0 Å². The highest BCUT2D eigenvalue weighted by molar-refractivity contribution is 5.95. The number of likely N-dealkylation sites (tertiary alicyclic amines) is 1. The topological polar surface area (TPSA) is 45.5 Å². The van der Waals surface area contributed by atoms with Crippen molar-refractivity contribution < 1.29 is 9.21 Å². The summed E-state index contributed by atoms with van der Waals surface area (Å²) in [4.78, 5) is 14.5. The lowest BCUT2D eigenvalue weighted by atomic mass is 9.96. The van der Waals surface area contributed by atoms with E-state index in [-0.39, 0.29) is 5.91 Å². The summed E-state index contributed by atoms with van der Waals surface area (Å²) in [5.74, 6) is 0.859. The standard InChI is InChI=1S/C13H18N2O2/c1-9-10(5-8-17-9)13(16)15-7-2-3-11-12(15)4-6-14-11/h5,8,11-12,14H,2-4,6-7H2,1H3. The maximum atomic E-state index is 12.5. The number of furan rings is 1. The second-order valence-electron chi connectivity index (χ2n) is 4.95. The molecule has 0 radical (unpaired) electrons. The minimum absolute atomic E-state index is 0.134. The molecule has 0 saturated carbocycles. The highest BCUT2D eigenvalue weighted by atomic mass is 16.3. The average molecular weight is 234 g/mol. The summed E-state index contributed by atoms with van der Waals surface area (Å²) in [6, 6.07) is 2.66. The van der Waals surface area contributed by atoms with Crippen LogP contribution in [-0.2, 0) is 0 Å². The minimum Gasteiger partial charge on any atom is -0.469 e. The van der Waals surface area contributed by atoms with Crippen molar-refractivity contribution >= 4 is 5.91 Å². The first-order chi connectivity index (χ1) is 8.27. The van der Waals surface area contributed by atoms with Gasteiger partial charge in [0.25, 0.3) is 5.91 Å². The highest BCUT2D eigenvalue weighted by Crippen LogP contribution is 2.26. The second-order valence-corrected chi connectivity index (χ2v) is 4.95. The summed E-state index contributed by atoms with van der Waals surface area (Å²) in [5, 5.41) is 3.49. The van der Waals surface area contributed by atoms with E-state index in [1.807, 2.05) is 11.8 Å². The third kappa shape index (κ3) is 1.76. The first-order valence-corrected chi connectivity index (χ1v) is 6.36. The molecule has 0 aliphatic carbocycles. The van der Waals surface area contributed by atoms with E-state index in [4.69, 9.17) is 4.42 Å². The van der Waals surface area contributed by atoms with Gasteiger partial charge in [-0.3, -0.25) is 4.79 Å². The number of piperidine rings is 1. The van der Waals surface area contributed by atoms with Crippen LogP contribution in [0.5, 0.6) is 0 Å². The van der Waals surface area contributed by atoms with Gasteiger partial charge in [0.05, 0.1) is 11.8 Å². The fourth-order valence-corrected chi connectivity index (χ4v) is 3.08. The molecule has 1 aromatic heterocycles. The van der Waals surface area contributed by atoms with Crippen molar-refractivity contribution in [2.24, 2.45) is 0 Å². The normalized spacial score (nSPS) is 28.2. The summed E-state index contributed by atoms with van der Waals surface area (Å²) in [6.45, 7) is 3.76. The average Bonchev–Trinajstić information content (AvgIpc) is 2.95. The van der Waals surface area contributed by atoms with E-state index in [1.54, 1.807) is 12.3 Å². The van der Waals surface area contributed by atoms with Crippen LogP contribution in [0, 0.1) is 6.92 Å². The van der Waals surface area contributed by atoms with Gasteiger partial charge in [0.2, 0.25) is 0 Å². The number of fused-ring (bicyclic) bond motifs is 1. The van der Waals surface area contributed by atoms with Crippen LogP contribution in [-0.4, -0.2) is 36.0 Å². The molecule has 4 nitrogen and oxygen atoms in total. The minimum atomic E-state index is 0.134. The Labute approximate surface area is 101 Å². The lowest BCUT2D eigenvalue weighted by Crippen LogP contribution is -2.51. The molecule has 3 heterocycles. The monoisotopic (exact) mass is 234 g/mol. The predicted octanol–water partition coefficient (Wildman–Crippen LogP) is 1.55. The molecule has 2 saturated heterocycles. The van der Waals surface area contributed by atoms with Crippen LogP contribution in [0.15, 0.2) is 16.7 Å². The lowest BCUT2D eigenvalue weighted by Gasteiger charge is -2.37. The Kier molecular flexibility index (Phi) is 2.67. The number of carbonyl (C=O) groups is 1. The van der Waals surface area contributed by atoms with Crippen LogP contribution in [0.2, 0.25) is 0 Å². The van der Waals surface area contributed by atoms with E-state index in [0.717, 1.165) is 37.3 Å². The molecule has 92 valence electrons. The van der Waals surface area contributed by atoms with E-state index in [1.165, 1.54) is 6.42 Å². The first kappa shape index (κ1) is 10.8. The van der Waals surface area contributed by atoms with Gasteiger partial charge in [-0.1, -0.05) is 0 Å². The Morgan fingerprint density at radius 3 is 3.18 bits per heavy atom. The van der Waals surface area contributed by atoms with E-state index >= 15 is 0 Å². The van der Waals surface area contributed by atoms with Crippen LogP contribution in [0.3, 0.4) is 0 Å². The number of carbonyl (C=O) groups excluding carboxylic acids is 1. The summed E-state index contributed by atoms with van der Waals surface area (Å²) in [7, 11) is 0. The van der Waals surface area contributed by atoms with Crippen molar-refractivity contribution in [3.05, 3.63) is 23.7 Å². The fraction of sp³-hybridized carbons (Fsp3) is 0.615. The van der Waals surface area contributed by atoms with Crippen molar-refractivity contribution in [1.82, 2.24) is 10.2 Å². The summed E-state index contributed by atoms with van der Waals surface area (Å²) in [5.41, 5.74) is 0.720. The molecule has 0 spiro atoms. The number of aryl methyl sites for hydroxylation is 1. The van der Waals surface area contributed by atoms with E-state index in [2.05, 4.69) is 5.32 Å². The Morgan fingerprint density at radius 2 is 2.41 bits per heavy atom. The van der Waals surface area contributed by atoms with Gasteiger partial charge in [0, 0.05) is 18.6 Å². The van der Waals surface area contributed by atoms with Crippen molar-refractivity contribution in [2.45, 2.75) is 38.3 Å². The molecule has 4 heteroatoms. The lowest BCUT2D eigenvalue weighted by molar-refractivity contribution is 0.0598. The zero-order chi connectivity index (χ0) is 11.8. The van der Waals surface area contributed by atoms with Gasteiger partial charge in [0.1, 0.15) is 5.76 Å². The third-order valence-corrected chi connectivity index (χ3v) is 3.98. The van der Waals surface area contributed by atoms with Gasteiger partial charge >= 0.3 is 0 Å². The van der Waals surface area contributed by atoms with Gasteiger partial charge < -0.3 is 14.6 Å². The summed E-state index contributed by atoms with van der Waals surface area (Å²) in [6.07, 6.45) is 4.96. The van der Waals surface area contributed by atoms with Gasteiger partial charge in [-0.15, -0.1) is 0 Å². The second kappa shape index (κ2) is 4.18. The number of hydrogen-bond donors (Lipinski definition) is 1. The predicted molar refractivity (Wildman–Crippen MR) is 63.9 cm³/mol. The van der Waals surface area contributed by atoms with Gasteiger partial charge in [0.15, 0.2) is 0 Å². The maximum absolute atomic E-state index is 12.5. The fourth-order valence-electron chi connectivity index (χ4n) is 3.08. The quantitative estimate of drug-likeness (QED) is 0.802. The Morgan fingerprint density at radius 1 is 1.53 bits per heavy atom. The Bertz CT molecular complexity index is 427. The van der Waals surface area contributed by atoms with E-state index < -0.39 is 0 Å². The molecule has 17 heavy (non-hydrogen) atoms. The molecule has 2 fully saturated rings. The van der Waals surface area contributed by atoms with Crippen molar-refractivity contribution in [2.75, 3.05) is 13.1 Å². The number of nitrogens with one attached hydrogen (secondary N) is 1. The van der Waals surface area contributed by atoms with Crippen LogP contribution < -0.4 is 5.32 Å². The van der Waals surface area contributed by atoms with Gasteiger partial charge in [-0.2, -0.15) is 0 Å². The molecule has 1 N–H and O–H groups in total. The smallest absolute Gasteiger partial charge is 0.257 e. The molecule has 2 unspecified atom stereocenters. The van der Waals surface area contributed by atoms with Crippen molar-refractivity contribution in [1.29, 1.82) is 0 Å². The molecule has 1 amide bonds. The molecule has 2 atom stereocenters. The van der Waals surface area contributed by atoms with Gasteiger partial charge in [-0.05, 0) is 38.8 Å². The Balaban J connectivity index is 1.83. The van der Waals surface area contributed by atoms with Gasteiger partial charge in [-0.25, -0.2) is 0 Å². The number of hydrogen-bond acceptors (Lipinski definition) is 3. The van der Waals surface area contributed by atoms with Crippen molar-refractivity contribution in [3.63, 3.8) is 0 Å². The largest absolute Gasteiger partial charge is 0.469 e. The first-order valence-electron chi connectivity index (χ1n) is 6.36. The third-order valence-electron chi connectivity index (χ3n) is 3.98.